The van der Waals surface area contributed by atoms with E-state index >= 15 is 0 Å². The van der Waals surface area contributed by atoms with E-state index in [2.05, 4.69) is 46.3 Å². The molecule has 0 aromatic heterocycles. The van der Waals surface area contributed by atoms with Gasteiger partial charge in [0.25, 0.3) is 10.1 Å². The molecule has 18 fully saturated rings. The van der Waals surface area contributed by atoms with E-state index in [9.17, 15) is 71.4 Å². The van der Waals surface area contributed by atoms with Crippen molar-refractivity contribution in [3.8, 4) is 0 Å². The first kappa shape index (κ1) is 125. The van der Waals surface area contributed by atoms with Gasteiger partial charge in [0.05, 0.1) is 91.6 Å². The summed E-state index contributed by atoms with van der Waals surface area (Å²) in [5, 5.41) is 20.9. The summed E-state index contributed by atoms with van der Waals surface area (Å²) in [5.41, 5.74) is -6.36. The molecule has 0 amide bonds. The van der Waals surface area contributed by atoms with Crippen molar-refractivity contribution < 1.29 is 132 Å². The number of esters is 11. The highest BCUT2D eigenvalue weighted by Crippen LogP contribution is 2.63. The van der Waals surface area contributed by atoms with Crippen molar-refractivity contribution in [2.45, 2.75) is 535 Å². The van der Waals surface area contributed by atoms with Crippen LogP contribution in [0.25, 0.3) is 0 Å². The lowest BCUT2D eigenvalue weighted by atomic mass is 9.52. The van der Waals surface area contributed by atoms with Crippen molar-refractivity contribution >= 4 is 75.8 Å². The molecule has 2 N–H and O–H groups in total. The first-order valence-electron chi connectivity index (χ1n) is 56.0. The van der Waals surface area contributed by atoms with E-state index in [1.807, 2.05) is 166 Å². The standard InChI is InChI=1S/2C16H26O3.C15H22O7S.2C15H28O2.C12H20O4.C12H22O3.C9H12O2.C7H14O2/c2*1-4-14(2,3)13(17)19-16-8-11-5-12(9-16)7-15(18,6-11)10-16;1-4-15(2,3)14(17)20-7-11(16)21-12-8-5-9-10(6-8)23(18,19)22-13(9)12;2*1-7-14(5,6)12(16)17-15(13(2,3)4)10-8-9-11-15;1-6-11(2,3)10(14)15-8-7-12(4,5)16-9(8)13;1-6-11(2,3)10(13)15-9-7-12(4,5)14-8-9;10-9-8-6-2-1-5(3-6)7(8)4-11-9;1-5-7(2,3)6(8)9-4/h2*11-12,18H,4-10H2,1-3H3;8-10,12-13H,4-7H2,1-3H3;2*7-11H2,1-6H3;8H,6-7H2,1-5H3;9H,6-8H2,1-5H3;5-8H,1-4H2;5H2,1-4H3. The summed E-state index contributed by atoms with van der Waals surface area (Å²) in [6.07, 6.45) is 30.6. The minimum atomic E-state index is -3.53. The van der Waals surface area contributed by atoms with Crippen LogP contribution in [0.3, 0.4) is 0 Å². The topological polar surface area (TPSA) is 382 Å². The first-order valence-corrected chi connectivity index (χ1v) is 57.5. The first-order chi connectivity index (χ1) is 66.8. The summed E-state index contributed by atoms with van der Waals surface area (Å²) in [6, 6.07) is 0. The van der Waals surface area contributed by atoms with Gasteiger partial charge >= 0.3 is 65.7 Å². The molecule has 0 spiro atoms. The van der Waals surface area contributed by atoms with Crippen LogP contribution in [-0.2, 0) is 124 Å². The average Bonchev–Trinajstić information content (AvgIpc) is 1.52. The highest BCUT2D eigenvalue weighted by molar-refractivity contribution is 7.87. The van der Waals surface area contributed by atoms with Crippen molar-refractivity contribution in [3.05, 3.63) is 0 Å². The Morgan fingerprint density at radius 3 is 1.10 bits per heavy atom. The number of methoxy groups -OCH3 is 1. The van der Waals surface area contributed by atoms with E-state index in [4.69, 9.17) is 56.3 Å². The zero-order valence-electron chi connectivity index (χ0n) is 96.9. The molecule has 15 atom stereocenters. The fourth-order valence-electron chi connectivity index (χ4n) is 24.6. The summed E-state index contributed by atoms with van der Waals surface area (Å²) in [6.45, 7) is 67.8. The molecule has 29 heteroatoms. The van der Waals surface area contributed by atoms with E-state index in [0.29, 0.717) is 93.0 Å². The number of fused-ring (bicyclic) bond motifs is 6. The Labute approximate surface area is 878 Å². The summed E-state index contributed by atoms with van der Waals surface area (Å²) in [7, 11) is -2.11. The summed E-state index contributed by atoms with van der Waals surface area (Å²) < 4.78 is 93.9. The summed E-state index contributed by atoms with van der Waals surface area (Å²) in [4.78, 5) is 130. The van der Waals surface area contributed by atoms with Crippen molar-refractivity contribution in [1.82, 2.24) is 0 Å². The van der Waals surface area contributed by atoms with Crippen molar-refractivity contribution in [3.63, 3.8) is 0 Å². The number of hydrogen-bond donors (Lipinski definition) is 2. The smallest absolute Gasteiger partial charge is 0.348 e. The number of hydrogen-bond acceptors (Lipinski definition) is 28. The van der Waals surface area contributed by atoms with Crippen LogP contribution in [0.2, 0.25) is 0 Å². The van der Waals surface area contributed by atoms with Crippen LogP contribution >= 0.6 is 0 Å². The number of rotatable bonds is 25. The molecule has 840 valence electrons. The van der Waals surface area contributed by atoms with Gasteiger partial charge in [-0.3, -0.25) is 47.3 Å². The second-order valence-electron chi connectivity index (χ2n) is 55.3. The van der Waals surface area contributed by atoms with Crippen molar-refractivity contribution in [1.29, 1.82) is 0 Å². The maximum absolute atomic E-state index is 12.4. The molecule has 14 aliphatic carbocycles. The molecular weight excluding hydrogens is 1890 g/mol. The van der Waals surface area contributed by atoms with Gasteiger partial charge in [-0.1, -0.05) is 96.9 Å². The Balaban J connectivity index is 0.000000202. The molecule has 18 aliphatic rings. The predicted octanol–water partition coefficient (Wildman–Crippen LogP) is 23.2. The summed E-state index contributed by atoms with van der Waals surface area (Å²) >= 11 is 0. The van der Waals surface area contributed by atoms with Gasteiger partial charge in [0.2, 0.25) is 6.10 Å². The van der Waals surface area contributed by atoms with E-state index in [1.54, 1.807) is 27.7 Å². The zero-order chi connectivity index (χ0) is 111. The molecule has 28 nitrogen and oxygen atoms in total. The van der Waals surface area contributed by atoms with Gasteiger partial charge in [0.15, 0.2) is 6.61 Å². The van der Waals surface area contributed by atoms with Gasteiger partial charge in [-0.2, -0.15) is 8.42 Å². The van der Waals surface area contributed by atoms with Gasteiger partial charge in [-0.05, 0) is 373 Å². The van der Waals surface area contributed by atoms with Crippen LogP contribution in [-0.4, -0.2) is 186 Å². The monoisotopic (exact) mass is 2080 g/mol. The molecule has 0 aromatic carbocycles. The van der Waals surface area contributed by atoms with Crippen LogP contribution in [0.5, 0.6) is 0 Å². The number of carbonyl (C=O) groups is 11. The molecule has 4 heterocycles. The molecule has 18 rings (SSSR count). The van der Waals surface area contributed by atoms with Gasteiger partial charge in [0.1, 0.15) is 46.3 Å². The molecule has 15 unspecified atom stereocenters. The van der Waals surface area contributed by atoms with E-state index < -0.39 is 96.7 Å². The molecule has 146 heavy (non-hydrogen) atoms. The van der Waals surface area contributed by atoms with Crippen molar-refractivity contribution in [2.24, 2.45) is 113 Å². The van der Waals surface area contributed by atoms with Crippen LogP contribution in [0.1, 0.15) is 460 Å². The lowest BCUT2D eigenvalue weighted by Crippen LogP contribution is -2.61. The lowest BCUT2D eigenvalue weighted by molar-refractivity contribution is -0.226. The maximum atomic E-state index is 12.4. The minimum absolute atomic E-state index is 0.0130. The third-order valence-corrected chi connectivity index (χ3v) is 39.2. The molecule has 12 bridgehead atoms. The van der Waals surface area contributed by atoms with E-state index in [-0.39, 0.29) is 126 Å². The molecule has 0 aromatic rings. The maximum Gasteiger partial charge on any atom is 0.348 e. The fourth-order valence-corrected chi connectivity index (χ4v) is 26.5. The van der Waals surface area contributed by atoms with Crippen LogP contribution in [0.15, 0.2) is 0 Å². The average molecular weight is 2080 g/mol. The SMILES string of the molecule is CCC(C)(C)C(=O)OC.CCC(C)(C)C(=O)OC1(C(C)(C)C)CCCC1.CCC(C)(C)C(=O)OC1(C(C)(C)C)CCCC1.CCC(C)(C)C(=O)OC12CC3CC(CC(O)(C3)C1)C2.CCC(C)(C)C(=O)OC12CC3CC(CC(O)(C3)C1)C2.CCC(C)(C)C(=O)OC1CC(C)(C)OC1=O.CCC(C)(C)C(=O)OC1COC(C)(C)C1.CCC(C)(C)C(=O)OCC(=O)OC1C2CC3C1OS(=O)(=O)C3C2.O=C1OCC2C3CCC(C3)C12. The number of aliphatic hydroxyl groups is 2. The normalized spacial score (nSPS) is 32.0. The van der Waals surface area contributed by atoms with Crippen LogP contribution in [0.4, 0.5) is 0 Å². The molecular formula is C117H198O28S. The molecule has 4 saturated heterocycles. The van der Waals surface area contributed by atoms with Gasteiger partial charge in [0, 0.05) is 54.3 Å². The van der Waals surface area contributed by atoms with E-state index in [1.165, 1.54) is 64.9 Å². The predicted molar refractivity (Wildman–Crippen MR) is 558 cm³/mol. The highest BCUT2D eigenvalue weighted by Gasteiger charge is 2.67. The largest absolute Gasteiger partial charge is 0.469 e. The van der Waals surface area contributed by atoms with Gasteiger partial charge in [-0.15, -0.1) is 0 Å². The third-order valence-electron chi connectivity index (χ3n) is 37.4. The number of ether oxygens (including phenoxy) is 12. The zero-order valence-corrected chi connectivity index (χ0v) is 97.8. The second-order valence-corrected chi connectivity index (χ2v) is 57.1. The Morgan fingerprint density at radius 2 is 0.760 bits per heavy atom. The molecule has 0 radical (unpaired) electrons. The number of cyclic esters (lactones) is 2. The van der Waals surface area contributed by atoms with Gasteiger partial charge in [-0.25, -0.2) is 9.59 Å². The summed E-state index contributed by atoms with van der Waals surface area (Å²) in [5.74, 6) is 2.35. The Morgan fingerprint density at radius 1 is 0.390 bits per heavy atom. The van der Waals surface area contributed by atoms with Crippen LogP contribution in [0, 0.1) is 113 Å². The third kappa shape index (κ3) is 30.6. The molecule has 4 aliphatic heterocycles. The lowest BCUT2D eigenvalue weighted by Gasteiger charge is -2.59. The van der Waals surface area contributed by atoms with Gasteiger partial charge < -0.3 is 67.1 Å². The van der Waals surface area contributed by atoms with Crippen molar-refractivity contribution in [2.75, 3.05) is 26.9 Å². The minimum Gasteiger partial charge on any atom is -0.469 e. The van der Waals surface area contributed by atoms with Crippen LogP contribution < -0.4 is 0 Å². The Bertz CT molecular complexity index is 4440. The fraction of sp³-hybridized carbons (Fsp3) is 0.906. The highest BCUT2D eigenvalue weighted by atomic mass is 32.2. The second kappa shape index (κ2) is 47.1. The Hall–Kier alpha value is -6.04. The number of carbonyl (C=O) groups excluding carboxylic acids is 11. The quantitative estimate of drug-likeness (QED) is 0.0487. The Kier molecular flexibility index (Phi) is 40.4. The molecule has 14 saturated carbocycles. The van der Waals surface area contributed by atoms with E-state index in [0.717, 1.165) is 135 Å².